The van der Waals surface area contributed by atoms with Crippen molar-refractivity contribution in [2.75, 3.05) is 0 Å². The van der Waals surface area contributed by atoms with Crippen molar-refractivity contribution < 1.29 is 19.1 Å². The van der Waals surface area contributed by atoms with Crippen LogP contribution in [0.25, 0.3) is 0 Å². The zero-order valence-electron chi connectivity index (χ0n) is 10.6. The normalized spacial score (nSPS) is 10.3. The van der Waals surface area contributed by atoms with Crippen molar-refractivity contribution in [1.82, 2.24) is 0 Å². The lowest BCUT2D eigenvalue weighted by Crippen LogP contribution is -2.08. The maximum atomic E-state index is 11.0. The van der Waals surface area contributed by atoms with Crippen LogP contribution in [0.4, 0.5) is 0 Å². The molecule has 0 unspecified atom stereocenters. The number of ether oxygens (including phenoxy) is 2. The number of carbonyl (C=O) groups excluding carboxylic acids is 2. The van der Waals surface area contributed by atoms with Crippen molar-refractivity contribution >= 4 is 75.7 Å². The number of carbonyl (C=O) groups is 2. The minimum absolute atomic E-state index is 0.0804. The molecule has 0 aromatic heterocycles. The van der Waals surface area contributed by atoms with Gasteiger partial charge in [-0.05, 0) is 63.7 Å². The van der Waals surface area contributed by atoms with Crippen LogP contribution >= 0.6 is 63.7 Å². The molecule has 1 rings (SSSR count). The largest absolute Gasteiger partial charge is 0.461 e. The molecule has 0 aliphatic heterocycles. The third-order valence-corrected chi connectivity index (χ3v) is 7.24. The van der Waals surface area contributed by atoms with E-state index in [2.05, 4.69) is 63.7 Å². The van der Waals surface area contributed by atoms with Crippen molar-refractivity contribution in [3.63, 3.8) is 0 Å². The van der Waals surface area contributed by atoms with Crippen LogP contribution in [-0.4, -0.2) is 11.9 Å². The third kappa shape index (κ3) is 4.54. The smallest absolute Gasteiger partial charge is 0.302 e. The molecule has 20 heavy (non-hydrogen) atoms. The van der Waals surface area contributed by atoms with Crippen LogP contribution in [-0.2, 0) is 32.3 Å². The van der Waals surface area contributed by atoms with E-state index in [0.717, 1.165) is 29.0 Å². The first kappa shape index (κ1) is 18.1. The predicted molar refractivity (Wildman–Crippen MR) is 88.2 cm³/mol. The molecule has 0 saturated carbocycles. The molecular weight excluding hydrogens is 528 g/mol. The van der Waals surface area contributed by atoms with E-state index in [0.29, 0.717) is 0 Å². The van der Waals surface area contributed by atoms with Gasteiger partial charge in [0.1, 0.15) is 13.2 Å². The summed E-state index contributed by atoms with van der Waals surface area (Å²) in [7, 11) is 0. The van der Waals surface area contributed by atoms with Gasteiger partial charge in [0.2, 0.25) is 0 Å². The van der Waals surface area contributed by atoms with Gasteiger partial charge in [-0.3, -0.25) is 9.59 Å². The third-order valence-electron chi connectivity index (χ3n) is 2.31. The summed E-state index contributed by atoms with van der Waals surface area (Å²) < 4.78 is 13.1. The Bertz CT molecular complexity index is 508. The lowest BCUT2D eigenvalue weighted by Gasteiger charge is -2.17. The fraction of sp³-hybridized carbons (Fsp3) is 0.333. The van der Waals surface area contributed by atoms with E-state index in [1.165, 1.54) is 13.8 Å². The van der Waals surface area contributed by atoms with E-state index in [9.17, 15) is 9.59 Å². The minimum Gasteiger partial charge on any atom is -0.461 e. The highest BCUT2D eigenvalue weighted by molar-refractivity contribution is 9.15. The van der Waals surface area contributed by atoms with Crippen molar-refractivity contribution in [3.8, 4) is 0 Å². The summed E-state index contributed by atoms with van der Waals surface area (Å²) in [6.45, 7) is 2.83. The van der Waals surface area contributed by atoms with Gasteiger partial charge in [-0.2, -0.15) is 0 Å². The van der Waals surface area contributed by atoms with Crippen LogP contribution in [0.15, 0.2) is 17.9 Å². The van der Waals surface area contributed by atoms with Gasteiger partial charge in [-0.25, -0.2) is 0 Å². The molecule has 0 radical (unpaired) electrons. The predicted octanol–water partition coefficient (Wildman–Crippen LogP) is 4.86. The topological polar surface area (TPSA) is 52.6 Å². The summed E-state index contributed by atoms with van der Waals surface area (Å²) in [5, 5.41) is 0. The second kappa shape index (κ2) is 7.91. The van der Waals surface area contributed by atoms with E-state index in [1.54, 1.807) is 0 Å². The monoisotopic (exact) mass is 534 g/mol. The summed E-state index contributed by atoms with van der Waals surface area (Å²) >= 11 is 13.7. The fourth-order valence-corrected chi connectivity index (χ4v) is 3.88. The average Bonchev–Trinajstić information content (AvgIpc) is 2.37. The van der Waals surface area contributed by atoms with Crippen LogP contribution < -0.4 is 0 Å². The summed E-state index contributed by atoms with van der Waals surface area (Å²) in [6, 6.07) is 0. The van der Waals surface area contributed by atoms with Gasteiger partial charge in [-0.15, -0.1) is 0 Å². The Kier molecular flexibility index (Phi) is 7.17. The molecule has 0 bridgehead atoms. The van der Waals surface area contributed by atoms with Crippen molar-refractivity contribution in [2.45, 2.75) is 27.1 Å². The molecule has 4 nitrogen and oxygen atoms in total. The Morgan fingerprint density at radius 1 is 0.750 bits per heavy atom. The Balaban J connectivity index is 3.28. The quantitative estimate of drug-likeness (QED) is 0.313. The molecule has 110 valence electrons. The molecule has 0 spiro atoms. The maximum absolute atomic E-state index is 11.0. The Morgan fingerprint density at radius 2 is 1.05 bits per heavy atom. The van der Waals surface area contributed by atoms with Gasteiger partial charge >= 0.3 is 11.9 Å². The highest BCUT2D eigenvalue weighted by Gasteiger charge is 2.20. The number of halogens is 4. The molecule has 0 fully saturated rings. The molecule has 0 atom stereocenters. The van der Waals surface area contributed by atoms with Gasteiger partial charge < -0.3 is 9.47 Å². The van der Waals surface area contributed by atoms with E-state index in [-0.39, 0.29) is 25.2 Å². The van der Waals surface area contributed by atoms with Gasteiger partial charge in [-0.1, -0.05) is 0 Å². The van der Waals surface area contributed by atoms with E-state index < -0.39 is 0 Å². The van der Waals surface area contributed by atoms with Crippen LogP contribution in [0, 0.1) is 0 Å². The van der Waals surface area contributed by atoms with Gasteiger partial charge in [0.25, 0.3) is 0 Å². The van der Waals surface area contributed by atoms with Crippen LogP contribution in [0.2, 0.25) is 0 Å². The van der Waals surface area contributed by atoms with Crippen LogP contribution in [0.1, 0.15) is 25.0 Å². The first-order valence-corrected chi connectivity index (χ1v) is 8.53. The van der Waals surface area contributed by atoms with Gasteiger partial charge in [0, 0.05) is 42.9 Å². The number of hydrogen-bond acceptors (Lipinski definition) is 4. The van der Waals surface area contributed by atoms with E-state index in [4.69, 9.17) is 9.47 Å². The molecular formula is C12H10Br4O4. The number of esters is 2. The number of rotatable bonds is 4. The molecule has 0 saturated heterocycles. The first-order chi connectivity index (χ1) is 9.25. The highest BCUT2D eigenvalue weighted by Crippen LogP contribution is 2.42. The lowest BCUT2D eigenvalue weighted by atomic mass is 10.1. The maximum Gasteiger partial charge on any atom is 0.302 e. The molecule has 0 aliphatic rings. The molecule has 8 heteroatoms. The number of hydrogen-bond donors (Lipinski definition) is 0. The standard InChI is InChI=1S/C12H10Br4O4/c1-5(17)19-3-7-8(4-20-6(2)18)10(14)12(16)11(15)9(7)13/h3-4H2,1-2H3. The zero-order chi connectivity index (χ0) is 15.4. The van der Waals surface area contributed by atoms with Crippen molar-refractivity contribution in [1.29, 1.82) is 0 Å². The second-order valence-electron chi connectivity index (χ2n) is 3.77. The van der Waals surface area contributed by atoms with Crippen molar-refractivity contribution in [3.05, 3.63) is 29.0 Å². The highest BCUT2D eigenvalue weighted by atomic mass is 79.9. The molecule has 0 amide bonds. The Morgan fingerprint density at radius 3 is 1.30 bits per heavy atom. The van der Waals surface area contributed by atoms with Crippen LogP contribution in [0.5, 0.6) is 0 Å². The lowest BCUT2D eigenvalue weighted by molar-refractivity contribution is -0.144. The molecule has 1 aromatic carbocycles. The second-order valence-corrected chi connectivity index (χ2v) is 6.95. The summed E-state index contributed by atoms with van der Waals surface area (Å²) in [6.07, 6.45) is 0. The summed E-state index contributed by atoms with van der Waals surface area (Å²) in [5.41, 5.74) is 1.45. The number of benzene rings is 1. The SMILES string of the molecule is CC(=O)OCc1c(Br)c(Br)c(Br)c(Br)c1COC(C)=O. The molecule has 1 aromatic rings. The van der Waals surface area contributed by atoms with Gasteiger partial charge in [0.15, 0.2) is 0 Å². The van der Waals surface area contributed by atoms with Gasteiger partial charge in [0.05, 0.1) is 0 Å². The van der Waals surface area contributed by atoms with E-state index in [1.807, 2.05) is 0 Å². The Labute approximate surface area is 150 Å². The minimum atomic E-state index is -0.384. The van der Waals surface area contributed by atoms with E-state index >= 15 is 0 Å². The zero-order valence-corrected chi connectivity index (χ0v) is 16.9. The summed E-state index contributed by atoms with van der Waals surface area (Å²) in [4.78, 5) is 22.0. The average molecular weight is 538 g/mol. The molecule has 0 aliphatic carbocycles. The fourth-order valence-electron chi connectivity index (χ4n) is 1.37. The summed E-state index contributed by atoms with van der Waals surface area (Å²) in [5.74, 6) is -0.768. The Hall–Kier alpha value is 0.0800. The molecule has 0 heterocycles. The first-order valence-electron chi connectivity index (χ1n) is 5.36. The van der Waals surface area contributed by atoms with Crippen LogP contribution in [0.3, 0.4) is 0 Å². The van der Waals surface area contributed by atoms with Crippen molar-refractivity contribution in [2.24, 2.45) is 0 Å². The molecule has 0 N–H and O–H groups in total.